The lowest BCUT2D eigenvalue weighted by atomic mass is 10.1. The average Bonchev–Trinajstić information content (AvgIpc) is 3.21. The van der Waals surface area contributed by atoms with E-state index in [-0.39, 0.29) is 12.3 Å². The van der Waals surface area contributed by atoms with Gasteiger partial charge in [0.25, 0.3) is 5.91 Å². The number of furan rings is 1. The number of nitrogens with one attached hydrogen (secondary N) is 1. The van der Waals surface area contributed by atoms with Gasteiger partial charge in [0, 0.05) is 30.9 Å². The molecule has 144 valence electrons. The predicted molar refractivity (Wildman–Crippen MR) is 104 cm³/mol. The van der Waals surface area contributed by atoms with Crippen molar-refractivity contribution in [3.8, 4) is 0 Å². The number of carbonyl (C=O) groups is 2. The Balaban J connectivity index is 1.45. The molecule has 1 unspecified atom stereocenters. The number of rotatable bonds is 7. The summed E-state index contributed by atoms with van der Waals surface area (Å²) < 4.78 is 10.4. The number of ether oxygens (including phenoxy) is 1. The highest BCUT2D eigenvalue weighted by atomic mass is 16.5. The summed E-state index contributed by atoms with van der Waals surface area (Å²) in [5, 5.41) is 2.79. The molecule has 3 rings (SSSR count). The van der Waals surface area contributed by atoms with Gasteiger partial charge < -0.3 is 19.4 Å². The van der Waals surface area contributed by atoms with Gasteiger partial charge in [-0.25, -0.2) is 0 Å². The summed E-state index contributed by atoms with van der Waals surface area (Å²) in [5.74, 6) is -0.0422. The highest BCUT2D eigenvalue weighted by Crippen LogP contribution is 2.22. The quantitative estimate of drug-likeness (QED) is 0.751. The molecule has 6 nitrogen and oxygen atoms in total. The van der Waals surface area contributed by atoms with Gasteiger partial charge in [0.2, 0.25) is 0 Å². The van der Waals surface area contributed by atoms with Gasteiger partial charge in [-0.15, -0.1) is 0 Å². The number of carbonyl (C=O) groups excluding carboxylic acids is 2. The number of hydrogen-bond acceptors (Lipinski definition) is 5. The van der Waals surface area contributed by atoms with Crippen LogP contribution < -0.4 is 10.2 Å². The molecule has 27 heavy (non-hydrogen) atoms. The van der Waals surface area contributed by atoms with Gasteiger partial charge in [-0.3, -0.25) is 9.59 Å². The fraction of sp³-hybridized carbons (Fsp3) is 0.429. The zero-order chi connectivity index (χ0) is 19.1. The molecule has 1 aromatic carbocycles. The van der Waals surface area contributed by atoms with Crippen LogP contribution in [0.15, 0.2) is 47.1 Å². The smallest absolute Gasteiger partial charge is 0.307 e. The normalized spacial score (nSPS) is 15.2. The number of aryl methyl sites for hydroxylation is 1. The van der Waals surface area contributed by atoms with E-state index < -0.39 is 12.1 Å². The van der Waals surface area contributed by atoms with Crippen LogP contribution in [0.25, 0.3) is 0 Å². The average molecular weight is 370 g/mol. The third-order valence-corrected chi connectivity index (χ3v) is 4.69. The summed E-state index contributed by atoms with van der Waals surface area (Å²) in [6.45, 7) is 3.73. The number of hydrogen-bond donors (Lipinski definition) is 1. The third kappa shape index (κ3) is 5.61. The summed E-state index contributed by atoms with van der Waals surface area (Å²) >= 11 is 0. The third-order valence-electron chi connectivity index (χ3n) is 4.69. The SMILES string of the molecule is CC(OC(=O)CCc1ccco1)C(=O)Nc1ccc(N2CCCCC2)cc1. The first-order chi connectivity index (χ1) is 13.1. The van der Waals surface area contributed by atoms with Crippen molar-refractivity contribution in [3.63, 3.8) is 0 Å². The first-order valence-electron chi connectivity index (χ1n) is 9.49. The molecule has 0 radical (unpaired) electrons. The molecule has 0 saturated carbocycles. The van der Waals surface area contributed by atoms with E-state index in [4.69, 9.17) is 9.15 Å². The number of benzene rings is 1. The van der Waals surface area contributed by atoms with Gasteiger partial charge in [0.05, 0.1) is 12.7 Å². The summed E-state index contributed by atoms with van der Waals surface area (Å²) in [5.41, 5.74) is 1.87. The maximum absolute atomic E-state index is 12.3. The van der Waals surface area contributed by atoms with E-state index in [1.807, 2.05) is 24.3 Å². The van der Waals surface area contributed by atoms with Gasteiger partial charge in [0.15, 0.2) is 6.10 Å². The largest absolute Gasteiger partial charge is 0.469 e. The molecule has 1 saturated heterocycles. The highest BCUT2D eigenvalue weighted by molar-refractivity contribution is 5.95. The van der Waals surface area contributed by atoms with E-state index in [9.17, 15) is 9.59 Å². The lowest BCUT2D eigenvalue weighted by molar-refractivity contribution is -0.153. The van der Waals surface area contributed by atoms with Crippen LogP contribution in [0, 0.1) is 0 Å². The second-order valence-corrected chi connectivity index (χ2v) is 6.80. The van der Waals surface area contributed by atoms with Crippen LogP contribution in [0.4, 0.5) is 11.4 Å². The van der Waals surface area contributed by atoms with Gasteiger partial charge in [-0.05, 0) is 62.6 Å². The molecule has 1 atom stereocenters. The summed E-state index contributed by atoms with van der Waals surface area (Å²) in [6.07, 6.45) is 5.09. The lowest BCUT2D eigenvalue weighted by Crippen LogP contribution is -2.30. The molecule has 1 fully saturated rings. The minimum atomic E-state index is -0.851. The van der Waals surface area contributed by atoms with Crippen molar-refractivity contribution in [2.45, 2.75) is 45.1 Å². The van der Waals surface area contributed by atoms with E-state index in [0.29, 0.717) is 12.1 Å². The molecule has 1 aliphatic heterocycles. The number of nitrogens with zero attached hydrogens (tertiary/aromatic N) is 1. The van der Waals surface area contributed by atoms with E-state index in [1.54, 1.807) is 25.3 Å². The topological polar surface area (TPSA) is 71.8 Å². The molecule has 1 aliphatic rings. The molecular weight excluding hydrogens is 344 g/mol. The van der Waals surface area contributed by atoms with Gasteiger partial charge in [-0.2, -0.15) is 0 Å². The van der Waals surface area contributed by atoms with E-state index in [2.05, 4.69) is 10.2 Å². The zero-order valence-electron chi connectivity index (χ0n) is 15.6. The maximum atomic E-state index is 12.3. The second-order valence-electron chi connectivity index (χ2n) is 6.80. The molecule has 1 amide bonds. The molecule has 2 heterocycles. The Morgan fingerprint density at radius 2 is 1.89 bits per heavy atom. The van der Waals surface area contributed by atoms with Crippen LogP contribution in [0.2, 0.25) is 0 Å². The first kappa shape index (κ1) is 19.0. The standard InChI is InChI=1S/C21H26N2O4/c1-16(27-20(24)12-11-19-6-5-15-26-19)21(25)22-17-7-9-18(10-8-17)23-13-3-2-4-14-23/h5-10,15-16H,2-4,11-14H2,1H3,(H,22,25). The lowest BCUT2D eigenvalue weighted by Gasteiger charge is -2.28. The molecular formula is C21H26N2O4. The fourth-order valence-electron chi connectivity index (χ4n) is 3.14. The van der Waals surface area contributed by atoms with Gasteiger partial charge in [-0.1, -0.05) is 0 Å². The molecule has 1 N–H and O–H groups in total. The Bertz CT molecular complexity index is 734. The highest BCUT2D eigenvalue weighted by Gasteiger charge is 2.18. The molecule has 1 aromatic heterocycles. The van der Waals surface area contributed by atoms with Gasteiger partial charge >= 0.3 is 5.97 Å². The predicted octanol–water partition coefficient (Wildman–Crippen LogP) is 3.77. The van der Waals surface area contributed by atoms with Crippen molar-refractivity contribution in [1.82, 2.24) is 0 Å². The Morgan fingerprint density at radius 3 is 2.56 bits per heavy atom. The molecule has 2 aromatic rings. The van der Waals surface area contributed by atoms with Crippen LogP contribution in [-0.4, -0.2) is 31.1 Å². The van der Waals surface area contributed by atoms with E-state index in [1.165, 1.54) is 24.9 Å². The number of anilines is 2. The minimum absolute atomic E-state index is 0.176. The number of esters is 1. The van der Waals surface area contributed by atoms with Crippen molar-refractivity contribution in [2.24, 2.45) is 0 Å². The van der Waals surface area contributed by atoms with E-state index in [0.717, 1.165) is 18.8 Å². The summed E-state index contributed by atoms with van der Waals surface area (Å²) in [6, 6.07) is 11.4. The van der Waals surface area contributed by atoms with Crippen LogP contribution in [0.5, 0.6) is 0 Å². The molecule has 6 heteroatoms. The molecule has 0 aliphatic carbocycles. The van der Waals surface area contributed by atoms with Crippen molar-refractivity contribution >= 4 is 23.3 Å². The Labute approximate surface area is 159 Å². The monoisotopic (exact) mass is 370 g/mol. The molecule has 0 spiro atoms. The Kier molecular flexibility index (Phi) is 6.52. The molecule has 0 bridgehead atoms. The minimum Gasteiger partial charge on any atom is -0.469 e. The Hall–Kier alpha value is -2.76. The number of amides is 1. The van der Waals surface area contributed by atoms with Crippen molar-refractivity contribution in [1.29, 1.82) is 0 Å². The van der Waals surface area contributed by atoms with Crippen molar-refractivity contribution < 1.29 is 18.7 Å². The van der Waals surface area contributed by atoms with Crippen LogP contribution in [0.1, 0.15) is 38.4 Å². The summed E-state index contributed by atoms with van der Waals surface area (Å²) in [4.78, 5) is 26.5. The van der Waals surface area contributed by atoms with Crippen LogP contribution >= 0.6 is 0 Å². The van der Waals surface area contributed by atoms with Crippen LogP contribution in [-0.2, 0) is 20.7 Å². The second kappa shape index (κ2) is 9.26. The van der Waals surface area contributed by atoms with E-state index >= 15 is 0 Å². The van der Waals surface area contributed by atoms with Gasteiger partial charge in [0.1, 0.15) is 5.76 Å². The maximum Gasteiger partial charge on any atom is 0.307 e. The van der Waals surface area contributed by atoms with Crippen LogP contribution in [0.3, 0.4) is 0 Å². The fourth-order valence-corrected chi connectivity index (χ4v) is 3.14. The Morgan fingerprint density at radius 1 is 1.15 bits per heavy atom. The zero-order valence-corrected chi connectivity index (χ0v) is 15.6. The first-order valence-corrected chi connectivity index (χ1v) is 9.49. The number of piperidine rings is 1. The van der Waals surface area contributed by atoms with Crippen molar-refractivity contribution in [3.05, 3.63) is 48.4 Å². The summed E-state index contributed by atoms with van der Waals surface area (Å²) in [7, 11) is 0. The van der Waals surface area contributed by atoms with Crippen molar-refractivity contribution in [2.75, 3.05) is 23.3 Å².